The lowest BCUT2D eigenvalue weighted by molar-refractivity contribution is -0.164. The summed E-state index contributed by atoms with van der Waals surface area (Å²) in [6.45, 7) is 0. The van der Waals surface area contributed by atoms with Crippen LogP contribution in [0.4, 0.5) is 0 Å². The predicted octanol–water partition coefficient (Wildman–Crippen LogP) is 7.85. The van der Waals surface area contributed by atoms with Crippen molar-refractivity contribution in [2.45, 2.75) is 25.0 Å². The molecule has 0 bridgehead atoms. The molecular formula is C33H25O4S+. The first-order chi connectivity index (χ1) is 18.7. The van der Waals surface area contributed by atoms with E-state index in [-0.39, 0.29) is 40.0 Å². The highest BCUT2D eigenvalue weighted by molar-refractivity contribution is 7.50. The van der Waals surface area contributed by atoms with E-state index in [0.29, 0.717) is 11.8 Å². The van der Waals surface area contributed by atoms with Gasteiger partial charge in [-0.2, -0.15) is 0 Å². The number of thiophene rings is 1. The summed E-state index contributed by atoms with van der Waals surface area (Å²) in [5.74, 6) is 3.54. The molecule has 6 atom stereocenters. The SMILES string of the molecule is O=C1OC2C(Oc3ccc(Oc4ccc(-[s+]5c6ccccc6c6ccccc65)cc4)cc3)C34CC3CC1C24. The molecule has 1 spiro atoms. The molecule has 0 amide bonds. The molecule has 38 heavy (non-hydrogen) atoms. The Morgan fingerprint density at radius 3 is 2.05 bits per heavy atom. The third-order valence-electron chi connectivity index (χ3n) is 9.42. The highest BCUT2D eigenvalue weighted by Crippen LogP contribution is 2.80. The Bertz CT molecular complexity index is 1700. The van der Waals surface area contributed by atoms with Gasteiger partial charge in [0.2, 0.25) is 0 Å². The van der Waals surface area contributed by atoms with E-state index in [2.05, 4.69) is 72.8 Å². The normalized spacial score (nSPS) is 30.0. The van der Waals surface area contributed by atoms with Crippen molar-refractivity contribution >= 4 is 36.6 Å². The Morgan fingerprint density at radius 1 is 0.763 bits per heavy atom. The number of rotatable bonds is 5. The van der Waals surface area contributed by atoms with E-state index in [4.69, 9.17) is 14.2 Å². The Hall–Kier alpha value is -3.83. The Morgan fingerprint density at radius 2 is 1.37 bits per heavy atom. The quantitative estimate of drug-likeness (QED) is 0.176. The van der Waals surface area contributed by atoms with Gasteiger partial charge in [0.1, 0.15) is 29.5 Å². The molecule has 9 rings (SSSR count). The maximum Gasteiger partial charge on any atom is 0.309 e. The topological polar surface area (TPSA) is 44.8 Å². The number of hydrogen-bond acceptors (Lipinski definition) is 4. The molecule has 186 valence electrons. The molecule has 1 aromatic heterocycles. The van der Waals surface area contributed by atoms with Gasteiger partial charge in [0.05, 0.1) is 5.92 Å². The first kappa shape index (κ1) is 21.1. The average Bonchev–Trinajstić information content (AvgIpc) is 3.33. The van der Waals surface area contributed by atoms with Crippen LogP contribution < -0.4 is 9.47 Å². The van der Waals surface area contributed by atoms with E-state index in [0.717, 1.165) is 23.7 Å². The maximum atomic E-state index is 12.2. The molecule has 4 aliphatic rings. The fourth-order valence-corrected chi connectivity index (χ4v) is 10.1. The third-order valence-corrected chi connectivity index (χ3v) is 11.8. The van der Waals surface area contributed by atoms with Crippen molar-refractivity contribution in [2.75, 3.05) is 0 Å². The van der Waals surface area contributed by atoms with Gasteiger partial charge in [-0.3, -0.25) is 4.79 Å². The van der Waals surface area contributed by atoms with E-state index in [9.17, 15) is 4.79 Å². The Labute approximate surface area is 222 Å². The fourth-order valence-electron chi connectivity index (χ4n) is 7.75. The minimum atomic E-state index is -0.108. The molecule has 3 aliphatic carbocycles. The third kappa shape index (κ3) is 2.72. The lowest BCUT2D eigenvalue weighted by atomic mass is 9.64. The van der Waals surface area contributed by atoms with Crippen molar-refractivity contribution in [3.05, 3.63) is 97.1 Å². The van der Waals surface area contributed by atoms with Crippen LogP contribution in [0.2, 0.25) is 0 Å². The summed E-state index contributed by atoms with van der Waals surface area (Å²) in [5.41, 5.74) is 0.194. The van der Waals surface area contributed by atoms with Crippen LogP contribution in [0.15, 0.2) is 97.1 Å². The number of carbonyl (C=O) groups is 1. The van der Waals surface area contributed by atoms with Gasteiger partial charge < -0.3 is 14.2 Å². The van der Waals surface area contributed by atoms with Crippen LogP contribution in [0.5, 0.6) is 17.2 Å². The number of benzene rings is 4. The predicted molar refractivity (Wildman–Crippen MR) is 148 cm³/mol. The maximum absolute atomic E-state index is 12.2. The second-order valence-electron chi connectivity index (χ2n) is 11.2. The van der Waals surface area contributed by atoms with Gasteiger partial charge in [-0.15, -0.1) is 0 Å². The highest BCUT2D eigenvalue weighted by atomic mass is 32.2. The second kappa shape index (κ2) is 7.39. The molecule has 5 aromatic rings. The fraction of sp³-hybridized carbons (Fsp3) is 0.242. The van der Waals surface area contributed by atoms with Crippen molar-refractivity contribution < 1.29 is 19.0 Å². The van der Waals surface area contributed by atoms with E-state index < -0.39 is 0 Å². The van der Waals surface area contributed by atoms with Gasteiger partial charge in [0.25, 0.3) is 0 Å². The van der Waals surface area contributed by atoms with Crippen LogP contribution in [0.3, 0.4) is 0 Å². The van der Waals surface area contributed by atoms with Crippen LogP contribution in [-0.2, 0) is 9.53 Å². The zero-order chi connectivity index (χ0) is 25.0. The molecule has 3 saturated carbocycles. The van der Waals surface area contributed by atoms with Crippen molar-refractivity contribution in [1.29, 1.82) is 0 Å². The number of esters is 1. The molecule has 0 N–H and O–H groups in total. The van der Waals surface area contributed by atoms with Crippen LogP contribution in [0.1, 0.15) is 12.8 Å². The minimum absolute atomic E-state index is 0.0000514. The zero-order valence-corrected chi connectivity index (χ0v) is 21.4. The second-order valence-corrected chi connectivity index (χ2v) is 13.1. The van der Waals surface area contributed by atoms with Gasteiger partial charge in [0, 0.05) is 44.7 Å². The van der Waals surface area contributed by atoms with Gasteiger partial charge in [-0.1, -0.05) is 24.3 Å². The standard InChI is InChI=1S/C33H25O4S/c34-32-26-17-19-18-33(19)29(26)30(37-32)31(33)36-22-11-9-20(10-12-22)35-21-13-15-23(16-14-21)38-27-7-3-1-5-24(27)25-6-2-4-8-28(25)38/h1-16,19,26,29-31H,17-18H2/q+1. The number of ether oxygens (including phenoxy) is 3. The summed E-state index contributed by atoms with van der Waals surface area (Å²) in [6.07, 6.45) is 2.11. The van der Waals surface area contributed by atoms with Gasteiger partial charge in [0.15, 0.2) is 14.3 Å². The zero-order valence-electron chi connectivity index (χ0n) is 20.6. The van der Waals surface area contributed by atoms with E-state index in [1.807, 2.05) is 24.3 Å². The van der Waals surface area contributed by atoms with Gasteiger partial charge in [-0.25, -0.2) is 0 Å². The number of carbonyl (C=O) groups excluding carboxylic acids is 1. The first-order valence-corrected chi connectivity index (χ1v) is 14.6. The monoisotopic (exact) mass is 517 g/mol. The lowest BCUT2D eigenvalue weighted by Gasteiger charge is -2.46. The molecule has 1 saturated heterocycles. The van der Waals surface area contributed by atoms with Crippen LogP contribution in [-0.4, -0.2) is 18.2 Å². The molecule has 1 aliphatic heterocycles. The molecule has 6 unspecified atom stereocenters. The molecule has 2 heterocycles. The van der Waals surface area contributed by atoms with Gasteiger partial charge >= 0.3 is 5.97 Å². The number of fused-ring (bicyclic) bond motifs is 3. The number of hydrogen-bond donors (Lipinski definition) is 0. The summed E-state index contributed by atoms with van der Waals surface area (Å²) < 4.78 is 21.0. The molecule has 5 heteroatoms. The summed E-state index contributed by atoms with van der Waals surface area (Å²) in [6, 6.07) is 33.8. The van der Waals surface area contributed by atoms with Crippen LogP contribution >= 0.6 is 10.5 Å². The van der Waals surface area contributed by atoms with Crippen LogP contribution in [0, 0.1) is 23.2 Å². The summed E-state index contributed by atoms with van der Waals surface area (Å²) in [4.78, 5) is 13.5. The summed E-state index contributed by atoms with van der Waals surface area (Å²) in [7, 11) is -0.108. The largest absolute Gasteiger partial charge is 0.486 e. The van der Waals surface area contributed by atoms with Crippen molar-refractivity contribution in [3.8, 4) is 22.1 Å². The minimum Gasteiger partial charge on any atom is -0.486 e. The Balaban J connectivity index is 0.941. The van der Waals surface area contributed by atoms with E-state index in [1.165, 1.54) is 31.5 Å². The van der Waals surface area contributed by atoms with Crippen LogP contribution in [0.25, 0.3) is 25.1 Å². The molecule has 4 aromatic carbocycles. The molecular weight excluding hydrogens is 492 g/mol. The Kier molecular flexibility index (Phi) is 4.11. The molecule has 0 radical (unpaired) electrons. The molecule has 4 nitrogen and oxygen atoms in total. The van der Waals surface area contributed by atoms with Crippen molar-refractivity contribution in [1.82, 2.24) is 0 Å². The summed E-state index contributed by atoms with van der Waals surface area (Å²) >= 11 is 0. The highest BCUT2D eigenvalue weighted by Gasteiger charge is 2.85. The lowest BCUT2D eigenvalue weighted by Crippen LogP contribution is -2.58. The average molecular weight is 518 g/mol. The molecule has 4 fully saturated rings. The van der Waals surface area contributed by atoms with Crippen molar-refractivity contribution in [3.63, 3.8) is 0 Å². The van der Waals surface area contributed by atoms with Gasteiger partial charge in [-0.05, 0) is 79.4 Å². The summed E-state index contributed by atoms with van der Waals surface area (Å²) in [5, 5.41) is 2.67. The first-order valence-electron chi connectivity index (χ1n) is 13.4. The van der Waals surface area contributed by atoms with E-state index in [1.54, 1.807) is 0 Å². The smallest absolute Gasteiger partial charge is 0.309 e. The van der Waals surface area contributed by atoms with E-state index >= 15 is 0 Å². The van der Waals surface area contributed by atoms with Crippen molar-refractivity contribution in [2.24, 2.45) is 23.2 Å².